The van der Waals surface area contributed by atoms with Crippen LogP contribution in [0.15, 0.2) is 41.8 Å². The van der Waals surface area contributed by atoms with Crippen molar-refractivity contribution in [1.82, 2.24) is 9.97 Å². The Morgan fingerprint density at radius 2 is 2.33 bits per heavy atom. The van der Waals surface area contributed by atoms with Crippen molar-refractivity contribution in [2.45, 2.75) is 12.8 Å². The highest BCUT2D eigenvalue weighted by Gasteiger charge is 2.02. The minimum atomic E-state index is -0.174. The monoisotopic (exact) mass is 200 g/mol. The lowest BCUT2D eigenvalue weighted by molar-refractivity contribution is 0.972. The molecule has 0 aliphatic rings. The molecule has 0 fully saturated rings. The Morgan fingerprint density at radius 1 is 1.53 bits per heavy atom. The van der Waals surface area contributed by atoms with Gasteiger partial charge in [0, 0.05) is 0 Å². The Hall–Kier alpha value is -1.90. The van der Waals surface area contributed by atoms with Crippen LogP contribution < -0.4 is 5.56 Å². The Kier molecular flexibility index (Phi) is 2.37. The van der Waals surface area contributed by atoms with Crippen LogP contribution in [0.2, 0.25) is 0 Å². The van der Waals surface area contributed by atoms with Crippen molar-refractivity contribution in [3.05, 3.63) is 53.0 Å². The van der Waals surface area contributed by atoms with Gasteiger partial charge in [0.25, 0.3) is 5.56 Å². The Balaban J connectivity index is 2.61. The standard InChI is InChI=1S/C12H12N2O/c1-3-8(2)9-4-5-10-11(6-9)13-7-12(15)14-10/h3-8H,1H2,2H3,(H,14,15). The van der Waals surface area contributed by atoms with Gasteiger partial charge in [-0.15, -0.1) is 6.58 Å². The molecule has 1 N–H and O–H groups in total. The van der Waals surface area contributed by atoms with E-state index in [-0.39, 0.29) is 5.56 Å². The van der Waals surface area contributed by atoms with Crippen molar-refractivity contribution >= 4 is 11.0 Å². The fourth-order valence-electron chi connectivity index (χ4n) is 1.47. The van der Waals surface area contributed by atoms with E-state index in [0.717, 1.165) is 16.6 Å². The van der Waals surface area contributed by atoms with Crippen LogP contribution in [0, 0.1) is 0 Å². The molecule has 1 aromatic carbocycles. The molecule has 3 nitrogen and oxygen atoms in total. The number of aromatic amines is 1. The molecule has 0 aliphatic heterocycles. The van der Waals surface area contributed by atoms with Gasteiger partial charge in [-0.3, -0.25) is 4.79 Å². The first-order chi connectivity index (χ1) is 7.20. The first kappa shape index (κ1) is 9.65. The van der Waals surface area contributed by atoms with Crippen molar-refractivity contribution in [2.75, 3.05) is 0 Å². The Labute approximate surface area is 87.5 Å². The zero-order chi connectivity index (χ0) is 10.8. The smallest absolute Gasteiger partial charge is 0.266 e. The molecule has 15 heavy (non-hydrogen) atoms. The molecule has 2 aromatic rings. The number of nitrogens with zero attached hydrogens (tertiary/aromatic N) is 1. The predicted molar refractivity (Wildman–Crippen MR) is 61.0 cm³/mol. The summed E-state index contributed by atoms with van der Waals surface area (Å²) >= 11 is 0. The van der Waals surface area contributed by atoms with E-state index in [1.165, 1.54) is 6.20 Å². The topological polar surface area (TPSA) is 45.8 Å². The molecule has 1 unspecified atom stereocenters. The summed E-state index contributed by atoms with van der Waals surface area (Å²) in [5.41, 5.74) is 2.55. The Morgan fingerprint density at radius 3 is 3.07 bits per heavy atom. The van der Waals surface area contributed by atoms with Crippen molar-refractivity contribution in [1.29, 1.82) is 0 Å². The van der Waals surface area contributed by atoms with E-state index in [1.807, 2.05) is 24.3 Å². The third kappa shape index (κ3) is 1.81. The normalized spacial score (nSPS) is 12.6. The number of aromatic nitrogens is 2. The Bertz CT molecular complexity index is 557. The van der Waals surface area contributed by atoms with Crippen molar-refractivity contribution in [3.63, 3.8) is 0 Å². The number of H-pyrrole nitrogens is 1. The first-order valence-electron chi connectivity index (χ1n) is 4.82. The molecule has 0 amide bonds. The number of allylic oxidation sites excluding steroid dienone is 1. The molecule has 0 bridgehead atoms. The lowest BCUT2D eigenvalue weighted by Gasteiger charge is -2.06. The van der Waals surface area contributed by atoms with Gasteiger partial charge in [-0.05, 0) is 23.6 Å². The molecule has 0 spiro atoms. The van der Waals surface area contributed by atoms with Crippen LogP contribution in [0.5, 0.6) is 0 Å². The average Bonchev–Trinajstić information content (AvgIpc) is 2.27. The summed E-state index contributed by atoms with van der Waals surface area (Å²) in [5, 5.41) is 0. The van der Waals surface area contributed by atoms with Crippen LogP contribution in [0.1, 0.15) is 18.4 Å². The number of hydrogen-bond acceptors (Lipinski definition) is 2. The molecule has 1 aromatic heterocycles. The van der Waals surface area contributed by atoms with E-state index in [1.54, 1.807) is 0 Å². The molecule has 0 radical (unpaired) electrons. The van der Waals surface area contributed by atoms with Crippen LogP contribution in [-0.4, -0.2) is 9.97 Å². The van der Waals surface area contributed by atoms with Gasteiger partial charge in [-0.1, -0.05) is 19.1 Å². The lowest BCUT2D eigenvalue weighted by Crippen LogP contribution is -2.05. The summed E-state index contributed by atoms with van der Waals surface area (Å²) in [7, 11) is 0. The molecule has 76 valence electrons. The van der Waals surface area contributed by atoms with Gasteiger partial charge in [0.05, 0.1) is 17.2 Å². The number of hydrogen-bond donors (Lipinski definition) is 1. The average molecular weight is 200 g/mol. The largest absolute Gasteiger partial charge is 0.319 e. The van der Waals surface area contributed by atoms with Crippen molar-refractivity contribution in [3.8, 4) is 0 Å². The SMILES string of the molecule is C=CC(C)c1ccc2[nH]c(=O)cnc2c1. The van der Waals surface area contributed by atoms with Gasteiger partial charge >= 0.3 is 0 Å². The number of rotatable bonds is 2. The molecular formula is C12H12N2O. The summed E-state index contributed by atoms with van der Waals surface area (Å²) in [6, 6.07) is 5.82. The summed E-state index contributed by atoms with van der Waals surface area (Å²) in [6.07, 6.45) is 3.18. The van der Waals surface area contributed by atoms with Crippen LogP contribution in [0.3, 0.4) is 0 Å². The van der Waals surface area contributed by atoms with Crippen LogP contribution in [0.25, 0.3) is 11.0 Å². The highest BCUT2D eigenvalue weighted by Crippen LogP contribution is 2.19. The van der Waals surface area contributed by atoms with E-state index >= 15 is 0 Å². The molecular weight excluding hydrogens is 188 g/mol. The predicted octanol–water partition coefficient (Wildman–Crippen LogP) is 2.21. The molecule has 0 aliphatic carbocycles. The first-order valence-corrected chi connectivity index (χ1v) is 4.82. The van der Waals surface area contributed by atoms with Crippen LogP contribution >= 0.6 is 0 Å². The quantitative estimate of drug-likeness (QED) is 0.755. The summed E-state index contributed by atoms with van der Waals surface area (Å²) < 4.78 is 0. The second kappa shape index (κ2) is 3.69. The highest BCUT2D eigenvalue weighted by molar-refractivity contribution is 5.74. The minimum Gasteiger partial charge on any atom is -0.319 e. The number of nitrogens with one attached hydrogen (secondary N) is 1. The van der Waals surface area contributed by atoms with E-state index in [4.69, 9.17) is 0 Å². The third-order valence-electron chi connectivity index (χ3n) is 2.48. The summed E-state index contributed by atoms with van der Waals surface area (Å²) in [6.45, 7) is 5.82. The maximum Gasteiger partial charge on any atom is 0.266 e. The maximum atomic E-state index is 11.0. The molecule has 2 rings (SSSR count). The van der Waals surface area contributed by atoms with E-state index in [2.05, 4.69) is 23.5 Å². The van der Waals surface area contributed by atoms with Crippen molar-refractivity contribution in [2.24, 2.45) is 0 Å². The molecule has 0 saturated carbocycles. The van der Waals surface area contributed by atoms with E-state index in [9.17, 15) is 4.79 Å². The molecule has 1 atom stereocenters. The zero-order valence-electron chi connectivity index (χ0n) is 8.53. The number of fused-ring (bicyclic) bond motifs is 1. The fourth-order valence-corrected chi connectivity index (χ4v) is 1.47. The van der Waals surface area contributed by atoms with Gasteiger partial charge in [0.1, 0.15) is 0 Å². The highest BCUT2D eigenvalue weighted by atomic mass is 16.1. The number of benzene rings is 1. The molecule has 3 heteroatoms. The third-order valence-corrected chi connectivity index (χ3v) is 2.48. The second-order valence-electron chi connectivity index (χ2n) is 3.55. The van der Waals surface area contributed by atoms with Gasteiger partial charge in [0.15, 0.2) is 0 Å². The van der Waals surface area contributed by atoms with E-state index in [0.29, 0.717) is 5.92 Å². The second-order valence-corrected chi connectivity index (χ2v) is 3.55. The van der Waals surface area contributed by atoms with Crippen LogP contribution in [0.4, 0.5) is 0 Å². The maximum absolute atomic E-state index is 11.0. The summed E-state index contributed by atoms with van der Waals surface area (Å²) in [4.78, 5) is 17.8. The van der Waals surface area contributed by atoms with Gasteiger partial charge in [-0.25, -0.2) is 4.98 Å². The molecule has 1 heterocycles. The van der Waals surface area contributed by atoms with Gasteiger partial charge in [-0.2, -0.15) is 0 Å². The molecule has 0 saturated heterocycles. The summed E-state index contributed by atoms with van der Waals surface area (Å²) in [5.74, 6) is 0.295. The van der Waals surface area contributed by atoms with E-state index < -0.39 is 0 Å². The van der Waals surface area contributed by atoms with Crippen molar-refractivity contribution < 1.29 is 0 Å². The fraction of sp³-hybridized carbons (Fsp3) is 0.167. The van der Waals surface area contributed by atoms with Gasteiger partial charge in [0.2, 0.25) is 0 Å². The van der Waals surface area contributed by atoms with Crippen LogP contribution in [-0.2, 0) is 0 Å². The zero-order valence-corrected chi connectivity index (χ0v) is 8.53. The minimum absolute atomic E-state index is 0.174. The lowest BCUT2D eigenvalue weighted by atomic mass is 10.0. The van der Waals surface area contributed by atoms with Gasteiger partial charge < -0.3 is 4.98 Å².